The lowest BCUT2D eigenvalue weighted by Gasteiger charge is -2.19. The number of amides is 1. The van der Waals surface area contributed by atoms with Gasteiger partial charge in [-0.1, -0.05) is 31.2 Å². The Hall–Kier alpha value is -4.53. The van der Waals surface area contributed by atoms with Crippen molar-refractivity contribution in [2.24, 2.45) is 5.73 Å². The number of fused-ring (bicyclic) bond motifs is 1. The number of imidazole rings is 1. The largest absolute Gasteiger partial charge is 0.480 e. The third-order valence-corrected chi connectivity index (χ3v) is 8.66. The predicted octanol–water partition coefficient (Wildman–Crippen LogP) is 2.41. The van der Waals surface area contributed by atoms with Crippen LogP contribution in [0.3, 0.4) is 0 Å². The van der Waals surface area contributed by atoms with Gasteiger partial charge in [-0.05, 0) is 62.6 Å². The van der Waals surface area contributed by atoms with E-state index in [2.05, 4.69) is 25.3 Å². The van der Waals surface area contributed by atoms with E-state index >= 15 is 0 Å². The molecule has 1 atom stereocenters. The minimum atomic E-state index is -4.24. The van der Waals surface area contributed by atoms with E-state index in [1.165, 1.54) is 6.20 Å². The number of aromatic amines is 1. The highest BCUT2D eigenvalue weighted by atomic mass is 32.2. The van der Waals surface area contributed by atoms with Gasteiger partial charge in [0.15, 0.2) is 5.95 Å². The molecule has 2 aromatic heterocycles. The average molecular weight is 626 g/mol. The van der Waals surface area contributed by atoms with Gasteiger partial charge in [-0.25, -0.2) is 13.4 Å². The van der Waals surface area contributed by atoms with Gasteiger partial charge in [0.25, 0.3) is 5.91 Å². The molecule has 0 bridgehead atoms. The molecule has 0 radical (unpaired) electrons. The second-order valence-electron chi connectivity index (χ2n) is 10.3. The van der Waals surface area contributed by atoms with Gasteiger partial charge in [0.2, 0.25) is 15.5 Å². The number of aliphatic carboxylic acids is 1. The molecule has 0 aliphatic carbocycles. The summed E-state index contributed by atoms with van der Waals surface area (Å²) in [7, 11) is -4.24. The summed E-state index contributed by atoms with van der Waals surface area (Å²) in [4.78, 5) is 45.6. The maximum Gasteiger partial charge on any atom is 0.323 e. The van der Waals surface area contributed by atoms with Crippen LogP contribution in [-0.2, 0) is 27.9 Å². The number of hydrogen-bond donors (Lipinski definition) is 6. The van der Waals surface area contributed by atoms with Gasteiger partial charge in [-0.2, -0.15) is 4.72 Å². The maximum absolute atomic E-state index is 13.4. The maximum atomic E-state index is 13.4. The Kier molecular flexibility index (Phi) is 11.0. The van der Waals surface area contributed by atoms with Crippen LogP contribution in [0, 0.1) is 20.8 Å². The fraction of sp³-hybridized carbons (Fsp3) is 0.333. The summed E-state index contributed by atoms with van der Waals surface area (Å²) in [6, 6.07) is 6.93. The highest BCUT2D eigenvalue weighted by Crippen LogP contribution is 2.22. The number of hydrogen-bond acceptors (Lipinski definition) is 8. The summed E-state index contributed by atoms with van der Waals surface area (Å²) in [5, 5.41) is 15.6. The van der Waals surface area contributed by atoms with E-state index in [0.29, 0.717) is 54.0 Å². The number of rotatable bonds is 13. The standard InChI is InChI=1S/C29H35N7O6S.CH4/c1-17-11-18(2)26(19(3)12-17)43(41,42)35-23(28(39)40)15-33-27(38)22-16-36(10-4-7-30)24-13-20(5-6-21(24)25(22)37)14-34-29-31-8-9-32-29;/h5-6,8-9,11-13,16,23,35H,4,7,10,14-15,30H2,1-3H3,(H,33,38)(H,39,40)(H2,31,32,34);1H4/t23-;/m0./s1. The highest BCUT2D eigenvalue weighted by molar-refractivity contribution is 7.89. The van der Waals surface area contributed by atoms with Gasteiger partial charge in [-0.3, -0.25) is 14.4 Å². The Labute approximate surface area is 255 Å². The number of carbonyl (C=O) groups is 2. The van der Waals surface area contributed by atoms with Crippen LogP contribution in [-0.4, -0.2) is 59.1 Å². The van der Waals surface area contributed by atoms with Gasteiger partial charge in [0, 0.05) is 43.6 Å². The van der Waals surface area contributed by atoms with Crippen LogP contribution < -0.4 is 26.5 Å². The van der Waals surface area contributed by atoms with E-state index in [1.54, 1.807) is 55.1 Å². The quantitative estimate of drug-likeness (QED) is 0.129. The third kappa shape index (κ3) is 7.70. The molecule has 1 amide bonds. The first kappa shape index (κ1) is 34.0. The number of carboxylic acid groups (broad SMARTS) is 1. The van der Waals surface area contributed by atoms with Crippen molar-refractivity contribution in [1.82, 2.24) is 24.6 Å². The Balaban J connectivity index is 0.00000529. The smallest absolute Gasteiger partial charge is 0.323 e. The zero-order valence-corrected chi connectivity index (χ0v) is 24.9. The van der Waals surface area contributed by atoms with Gasteiger partial charge in [0.1, 0.15) is 11.6 Å². The summed E-state index contributed by atoms with van der Waals surface area (Å²) in [6.45, 7) is 5.74. The van der Waals surface area contributed by atoms with E-state index in [9.17, 15) is 27.9 Å². The molecule has 14 heteroatoms. The lowest BCUT2D eigenvalue weighted by atomic mass is 10.1. The van der Waals surface area contributed by atoms with Crippen molar-refractivity contribution in [1.29, 1.82) is 0 Å². The van der Waals surface area contributed by atoms with Crippen LogP contribution in [0.2, 0.25) is 0 Å². The second kappa shape index (κ2) is 14.3. The molecule has 4 aromatic rings. The topological polar surface area (TPSA) is 201 Å². The van der Waals surface area contributed by atoms with Crippen molar-refractivity contribution < 1.29 is 23.1 Å². The van der Waals surface area contributed by atoms with Gasteiger partial charge in [-0.15, -0.1) is 0 Å². The van der Waals surface area contributed by atoms with Crippen molar-refractivity contribution in [3.63, 3.8) is 0 Å². The number of nitrogens with two attached hydrogens (primary N) is 1. The van der Waals surface area contributed by atoms with Crippen LogP contribution in [0.25, 0.3) is 10.9 Å². The third-order valence-electron chi connectivity index (χ3n) is 6.89. The number of aryl methyl sites for hydroxylation is 4. The van der Waals surface area contributed by atoms with E-state index < -0.39 is 39.9 Å². The number of nitrogens with zero attached hydrogens (tertiary/aromatic N) is 2. The number of pyridine rings is 1. The van der Waals surface area contributed by atoms with Crippen LogP contribution >= 0.6 is 0 Å². The van der Waals surface area contributed by atoms with Crippen molar-refractivity contribution >= 4 is 38.8 Å². The molecular formula is C30H39N7O6S. The molecule has 0 aliphatic rings. The molecule has 236 valence electrons. The number of aromatic nitrogens is 3. The van der Waals surface area contributed by atoms with Crippen molar-refractivity contribution in [3.05, 3.63) is 87.0 Å². The highest BCUT2D eigenvalue weighted by Gasteiger charge is 2.29. The number of carbonyl (C=O) groups excluding carboxylic acids is 1. The molecule has 0 saturated carbocycles. The average Bonchev–Trinajstić information content (AvgIpc) is 3.46. The molecule has 0 unspecified atom stereocenters. The molecule has 2 heterocycles. The first-order valence-electron chi connectivity index (χ1n) is 13.6. The molecule has 4 rings (SSSR count). The second-order valence-corrected chi connectivity index (χ2v) is 12.0. The lowest BCUT2D eigenvalue weighted by molar-refractivity contribution is -0.138. The Bertz CT molecular complexity index is 1790. The van der Waals surface area contributed by atoms with Crippen LogP contribution in [0.1, 0.15) is 46.5 Å². The molecular weight excluding hydrogens is 586 g/mol. The summed E-state index contributed by atoms with van der Waals surface area (Å²) >= 11 is 0. The molecule has 0 spiro atoms. The van der Waals surface area contributed by atoms with E-state index in [1.807, 2.05) is 13.0 Å². The first-order chi connectivity index (χ1) is 20.4. The Morgan fingerprint density at radius 1 is 1.14 bits per heavy atom. The number of H-pyrrole nitrogens is 1. The SMILES string of the molecule is C.Cc1cc(C)c(S(=O)(=O)N[C@@H](CNC(=O)c2cn(CCCN)c3cc(CNc4ncc[nH]4)ccc3c2=O)C(=O)O)c(C)c1. The first-order valence-corrected chi connectivity index (χ1v) is 15.1. The number of nitrogens with one attached hydrogen (secondary N) is 4. The molecule has 13 nitrogen and oxygen atoms in total. The fourth-order valence-corrected chi connectivity index (χ4v) is 6.65. The van der Waals surface area contributed by atoms with Crippen LogP contribution in [0.15, 0.2) is 58.6 Å². The normalized spacial score (nSPS) is 12.0. The fourth-order valence-electron chi connectivity index (χ4n) is 5.01. The Morgan fingerprint density at radius 2 is 1.84 bits per heavy atom. The number of benzene rings is 2. The molecule has 0 saturated heterocycles. The monoisotopic (exact) mass is 625 g/mol. The zero-order chi connectivity index (χ0) is 31.3. The number of carboxylic acids is 1. The van der Waals surface area contributed by atoms with Crippen LogP contribution in [0.5, 0.6) is 0 Å². The minimum absolute atomic E-state index is 0. The molecule has 44 heavy (non-hydrogen) atoms. The molecule has 7 N–H and O–H groups in total. The van der Waals surface area contributed by atoms with E-state index in [4.69, 9.17) is 5.73 Å². The molecule has 0 fully saturated rings. The number of sulfonamides is 1. The summed E-state index contributed by atoms with van der Waals surface area (Å²) in [5.41, 5.74) is 8.25. The van der Waals surface area contributed by atoms with Crippen molar-refractivity contribution in [3.8, 4) is 0 Å². The van der Waals surface area contributed by atoms with Gasteiger partial charge >= 0.3 is 5.97 Å². The van der Waals surface area contributed by atoms with Gasteiger partial charge in [0.05, 0.1) is 10.4 Å². The minimum Gasteiger partial charge on any atom is -0.480 e. The lowest BCUT2D eigenvalue weighted by Crippen LogP contribution is -2.49. The predicted molar refractivity (Wildman–Crippen MR) is 169 cm³/mol. The summed E-state index contributed by atoms with van der Waals surface area (Å²) in [6.07, 6.45) is 5.31. The Morgan fingerprint density at radius 3 is 2.45 bits per heavy atom. The summed E-state index contributed by atoms with van der Waals surface area (Å²) < 4.78 is 30.2. The summed E-state index contributed by atoms with van der Waals surface area (Å²) in [5.74, 6) is -1.72. The van der Waals surface area contributed by atoms with Crippen molar-refractivity contribution in [2.45, 2.75) is 58.6 Å². The van der Waals surface area contributed by atoms with Crippen molar-refractivity contribution in [2.75, 3.05) is 18.4 Å². The number of anilines is 1. The van der Waals surface area contributed by atoms with E-state index in [-0.39, 0.29) is 17.9 Å². The van der Waals surface area contributed by atoms with E-state index in [0.717, 1.165) is 11.1 Å². The molecule has 2 aromatic carbocycles. The van der Waals surface area contributed by atoms with Crippen LogP contribution in [0.4, 0.5) is 5.95 Å². The molecule has 0 aliphatic heterocycles. The van der Waals surface area contributed by atoms with Gasteiger partial charge < -0.3 is 31.0 Å². The zero-order valence-electron chi connectivity index (χ0n) is 24.1.